The Morgan fingerprint density at radius 3 is 2.02 bits per heavy atom. The van der Waals surface area contributed by atoms with Gasteiger partial charge in [-0.15, -0.1) is 0 Å². The fourth-order valence-corrected chi connectivity index (χ4v) is 7.64. The molecule has 2 fully saturated rings. The zero-order valence-corrected chi connectivity index (χ0v) is 28.6. The molecular formula is C37H48N4O7. The molecule has 0 spiro atoms. The highest BCUT2D eigenvalue weighted by Gasteiger charge is 2.45. The van der Waals surface area contributed by atoms with Crippen molar-refractivity contribution in [2.24, 2.45) is 11.8 Å². The molecule has 0 radical (unpaired) electrons. The lowest BCUT2D eigenvalue weighted by molar-refractivity contribution is -0.155. The Labute approximate surface area is 282 Å². The van der Waals surface area contributed by atoms with Crippen LogP contribution in [0.15, 0.2) is 48.5 Å². The molecule has 0 bridgehead atoms. The van der Waals surface area contributed by atoms with Crippen molar-refractivity contribution in [2.45, 2.75) is 89.9 Å². The Bertz CT molecular complexity index is 1500. The normalized spacial score (nSPS) is 20.5. The Morgan fingerprint density at radius 2 is 1.46 bits per heavy atom. The summed E-state index contributed by atoms with van der Waals surface area (Å²) in [4.78, 5) is 71.2. The van der Waals surface area contributed by atoms with Gasteiger partial charge in [0.15, 0.2) is 0 Å². The van der Waals surface area contributed by atoms with E-state index >= 15 is 0 Å². The fourth-order valence-electron chi connectivity index (χ4n) is 7.64. The predicted molar refractivity (Wildman–Crippen MR) is 180 cm³/mol. The Morgan fingerprint density at radius 1 is 0.896 bits per heavy atom. The van der Waals surface area contributed by atoms with Crippen LogP contribution in [0, 0.1) is 11.8 Å². The van der Waals surface area contributed by atoms with Gasteiger partial charge in [-0.25, -0.2) is 9.59 Å². The van der Waals surface area contributed by atoms with Crippen molar-refractivity contribution < 1.29 is 33.8 Å². The molecule has 1 aliphatic carbocycles. The maximum absolute atomic E-state index is 14.1. The highest BCUT2D eigenvalue weighted by molar-refractivity contribution is 5.95. The van der Waals surface area contributed by atoms with Crippen molar-refractivity contribution in [3.63, 3.8) is 0 Å². The van der Waals surface area contributed by atoms with Gasteiger partial charge >= 0.3 is 12.1 Å². The van der Waals surface area contributed by atoms with Gasteiger partial charge in [-0.2, -0.15) is 0 Å². The van der Waals surface area contributed by atoms with E-state index in [9.17, 15) is 29.1 Å². The number of rotatable bonds is 11. The number of amides is 4. The van der Waals surface area contributed by atoms with Crippen LogP contribution in [0.3, 0.4) is 0 Å². The number of carboxylic acids is 1. The third-order valence-corrected chi connectivity index (χ3v) is 10.4. The van der Waals surface area contributed by atoms with Crippen LogP contribution in [-0.2, 0) is 23.9 Å². The number of likely N-dealkylation sites (tertiary alicyclic amines) is 2. The number of aliphatic carboxylic acids is 1. The number of fused-ring (bicyclic) bond motifs is 3. The third-order valence-electron chi connectivity index (χ3n) is 10.4. The Hall–Kier alpha value is -4.41. The summed E-state index contributed by atoms with van der Waals surface area (Å²) in [5.74, 6) is -2.85. The summed E-state index contributed by atoms with van der Waals surface area (Å²) in [5.41, 5.74) is 4.40. The first-order valence-corrected chi connectivity index (χ1v) is 17.2. The topological polar surface area (TPSA) is 137 Å². The quantitative estimate of drug-likeness (QED) is 0.363. The van der Waals surface area contributed by atoms with E-state index in [0.29, 0.717) is 45.2 Å². The molecule has 5 atom stereocenters. The number of alkyl carbamates (subject to hydrolysis) is 1. The highest BCUT2D eigenvalue weighted by Crippen LogP contribution is 2.44. The van der Waals surface area contributed by atoms with E-state index < -0.39 is 42.1 Å². The first-order valence-electron chi connectivity index (χ1n) is 17.2. The van der Waals surface area contributed by atoms with Gasteiger partial charge in [-0.05, 0) is 59.8 Å². The molecular weight excluding hydrogens is 612 g/mol. The van der Waals surface area contributed by atoms with Crippen molar-refractivity contribution in [2.75, 3.05) is 26.7 Å². The minimum absolute atomic E-state index is 0.106. The molecule has 2 N–H and O–H groups in total. The second-order valence-corrected chi connectivity index (χ2v) is 13.7. The molecule has 0 aromatic heterocycles. The third kappa shape index (κ3) is 6.77. The summed E-state index contributed by atoms with van der Waals surface area (Å²) in [6, 6.07) is 12.6. The Kier molecular flexibility index (Phi) is 10.8. The molecule has 11 heteroatoms. The summed E-state index contributed by atoms with van der Waals surface area (Å²) in [7, 11) is 1.56. The molecule has 4 amide bonds. The predicted octanol–water partition coefficient (Wildman–Crippen LogP) is 4.49. The lowest BCUT2D eigenvalue weighted by Gasteiger charge is -2.38. The number of ether oxygens (including phenoxy) is 1. The number of benzene rings is 2. The zero-order valence-electron chi connectivity index (χ0n) is 28.6. The number of carbonyl (C=O) groups is 5. The van der Waals surface area contributed by atoms with Crippen LogP contribution in [0.5, 0.6) is 0 Å². The molecule has 0 unspecified atom stereocenters. The number of nitrogens with zero attached hydrogens (tertiary/aromatic N) is 3. The molecule has 48 heavy (non-hydrogen) atoms. The fraction of sp³-hybridized carbons (Fsp3) is 0.541. The molecule has 2 heterocycles. The van der Waals surface area contributed by atoms with Crippen LogP contribution in [0.25, 0.3) is 11.1 Å². The van der Waals surface area contributed by atoms with Crippen LogP contribution in [0.1, 0.15) is 76.8 Å². The van der Waals surface area contributed by atoms with E-state index in [1.54, 1.807) is 7.05 Å². The lowest BCUT2D eigenvalue weighted by Crippen LogP contribution is -2.60. The molecule has 3 aliphatic rings. The van der Waals surface area contributed by atoms with Gasteiger partial charge < -0.3 is 29.9 Å². The van der Waals surface area contributed by atoms with Crippen molar-refractivity contribution in [3.8, 4) is 11.1 Å². The minimum atomic E-state index is -1.04. The van der Waals surface area contributed by atoms with E-state index in [2.05, 4.69) is 17.4 Å². The van der Waals surface area contributed by atoms with Gasteiger partial charge in [0.25, 0.3) is 0 Å². The summed E-state index contributed by atoms with van der Waals surface area (Å²) in [5, 5.41) is 12.4. The van der Waals surface area contributed by atoms with Gasteiger partial charge in [-0.3, -0.25) is 14.4 Å². The van der Waals surface area contributed by atoms with Gasteiger partial charge in [-0.1, -0.05) is 82.6 Å². The minimum Gasteiger partial charge on any atom is -0.480 e. The van der Waals surface area contributed by atoms with Gasteiger partial charge in [0.05, 0.1) is 0 Å². The number of likely N-dealkylation sites (N-methyl/N-ethyl adjacent to an activating group) is 1. The standard InChI is InChI=1S/C37H48N4O7/c1-6-23(4)31(38-37(47)48-21-28-26-15-9-7-13-24(26)25-14-8-10-16-27(25)28)34(43)39(5)32(22(2)3)35(44)40-19-11-17-29(40)33(42)41-20-12-18-30(41)36(45)46/h7-10,13-16,22-23,28-32H,6,11-12,17-21H2,1-5H3,(H,38,47)(H,45,46)/t23-,29-,30-,31-,32-/m0/s1. The summed E-state index contributed by atoms with van der Waals surface area (Å²) < 4.78 is 5.77. The summed E-state index contributed by atoms with van der Waals surface area (Å²) in [6.45, 7) is 8.29. The second-order valence-electron chi connectivity index (χ2n) is 13.7. The molecule has 0 saturated carbocycles. The van der Waals surface area contributed by atoms with E-state index in [0.717, 1.165) is 22.3 Å². The maximum atomic E-state index is 14.1. The number of carboxylic acid groups (broad SMARTS) is 1. The number of hydrogen-bond donors (Lipinski definition) is 2. The highest BCUT2D eigenvalue weighted by atomic mass is 16.5. The van der Waals surface area contributed by atoms with E-state index in [4.69, 9.17) is 4.74 Å². The maximum Gasteiger partial charge on any atom is 0.407 e. The molecule has 2 saturated heterocycles. The smallest absolute Gasteiger partial charge is 0.407 e. The number of hydrogen-bond acceptors (Lipinski definition) is 6. The first kappa shape index (κ1) is 34.9. The second kappa shape index (κ2) is 14.8. The van der Waals surface area contributed by atoms with Gasteiger partial charge in [0, 0.05) is 26.1 Å². The molecule has 2 aromatic carbocycles. The molecule has 5 rings (SSSR count). The number of carbonyl (C=O) groups excluding carboxylic acids is 4. The summed E-state index contributed by atoms with van der Waals surface area (Å²) in [6.07, 6.45) is 1.92. The largest absolute Gasteiger partial charge is 0.480 e. The van der Waals surface area contributed by atoms with Crippen LogP contribution >= 0.6 is 0 Å². The zero-order chi connectivity index (χ0) is 34.7. The Balaban J connectivity index is 1.28. The molecule has 11 nitrogen and oxygen atoms in total. The van der Waals surface area contributed by atoms with Crippen molar-refractivity contribution in [3.05, 3.63) is 59.7 Å². The van der Waals surface area contributed by atoms with Crippen molar-refractivity contribution in [1.82, 2.24) is 20.0 Å². The van der Waals surface area contributed by atoms with Crippen LogP contribution in [-0.4, -0.2) is 101 Å². The van der Waals surface area contributed by atoms with Crippen LogP contribution in [0.4, 0.5) is 4.79 Å². The SMILES string of the molecule is CC[C@H](C)[C@H](NC(=O)OCC1c2ccccc2-c2ccccc21)C(=O)N(C)[C@H](C(=O)N1CCC[C@H]1C(=O)N1CCC[C@H]1C(=O)O)C(C)C. The van der Waals surface area contributed by atoms with Crippen molar-refractivity contribution >= 4 is 29.8 Å². The molecule has 2 aromatic rings. The monoisotopic (exact) mass is 660 g/mol. The van der Waals surface area contributed by atoms with Gasteiger partial charge in [0.1, 0.15) is 30.8 Å². The average molecular weight is 661 g/mol. The lowest BCUT2D eigenvalue weighted by atomic mass is 9.95. The summed E-state index contributed by atoms with van der Waals surface area (Å²) >= 11 is 0. The van der Waals surface area contributed by atoms with Gasteiger partial charge in [0.2, 0.25) is 17.7 Å². The van der Waals surface area contributed by atoms with E-state index in [-0.39, 0.29) is 36.2 Å². The van der Waals surface area contributed by atoms with E-state index in [1.807, 2.05) is 64.1 Å². The molecule has 258 valence electrons. The number of nitrogens with one attached hydrogen (secondary N) is 1. The first-order chi connectivity index (χ1) is 23.0. The van der Waals surface area contributed by atoms with Crippen LogP contribution < -0.4 is 5.32 Å². The van der Waals surface area contributed by atoms with Crippen molar-refractivity contribution in [1.29, 1.82) is 0 Å². The average Bonchev–Trinajstić information content (AvgIpc) is 3.83. The van der Waals surface area contributed by atoms with E-state index in [1.165, 1.54) is 14.7 Å². The molecule has 2 aliphatic heterocycles. The van der Waals surface area contributed by atoms with Crippen LogP contribution in [0.2, 0.25) is 0 Å².